The van der Waals surface area contributed by atoms with Crippen LogP contribution >= 0.6 is 0 Å². The number of methoxy groups -OCH3 is 1. The summed E-state index contributed by atoms with van der Waals surface area (Å²) in [5, 5.41) is 13.4. The molecular formula is C18H26N2O3. The van der Waals surface area contributed by atoms with Crippen LogP contribution in [-0.2, 0) is 11.2 Å². The number of hydrogen-bond acceptors (Lipinski definition) is 4. The highest BCUT2D eigenvalue weighted by molar-refractivity contribution is 5.83. The second-order valence-electron chi connectivity index (χ2n) is 7.75. The van der Waals surface area contributed by atoms with Gasteiger partial charge in [0.2, 0.25) is 5.91 Å². The number of carbonyl (C=O) groups excluding carboxylic acids is 1. The minimum absolute atomic E-state index is 0.0250. The number of fused-ring (bicyclic) bond motifs is 3. The SMILES string of the molecule is COc1cc2c(cc1O)CCN1C(=O)[C@@H](CC(C)(C)C)NC[C@H]21. The van der Waals surface area contributed by atoms with Gasteiger partial charge < -0.3 is 20.1 Å². The lowest BCUT2D eigenvalue weighted by atomic mass is 9.84. The summed E-state index contributed by atoms with van der Waals surface area (Å²) in [6.45, 7) is 7.94. The summed E-state index contributed by atoms with van der Waals surface area (Å²) < 4.78 is 5.23. The van der Waals surface area contributed by atoms with Gasteiger partial charge in [0.05, 0.1) is 19.2 Å². The number of nitrogens with one attached hydrogen (secondary N) is 1. The van der Waals surface area contributed by atoms with E-state index in [1.165, 1.54) is 0 Å². The zero-order valence-electron chi connectivity index (χ0n) is 14.3. The summed E-state index contributed by atoms with van der Waals surface area (Å²) >= 11 is 0. The molecule has 0 unspecified atom stereocenters. The fourth-order valence-electron chi connectivity index (χ4n) is 3.68. The number of phenols is 1. The summed E-state index contributed by atoms with van der Waals surface area (Å²) in [6.07, 6.45) is 1.61. The lowest BCUT2D eigenvalue weighted by Crippen LogP contribution is -2.58. The Balaban J connectivity index is 1.87. The van der Waals surface area contributed by atoms with Gasteiger partial charge in [-0.15, -0.1) is 0 Å². The summed E-state index contributed by atoms with van der Waals surface area (Å²) in [6, 6.07) is 3.57. The van der Waals surface area contributed by atoms with Crippen LogP contribution in [0.4, 0.5) is 0 Å². The van der Waals surface area contributed by atoms with Gasteiger partial charge in [0.1, 0.15) is 0 Å². The highest BCUT2D eigenvalue weighted by Gasteiger charge is 2.40. The summed E-state index contributed by atoms with van der Waals surface area (Å²) in [7, 11) is 1.55. The van der Waals surface area contributed by atoms with Crippen molar-refractivity contribution in [3.05, 3.63) is 23.3 Å². The summed E-state index contributed by atoms with van der Waals surface area (Å²) in [4.78, 5) is 14.8. The number of amides is 1. The molecule has 0 radical (unpaired) electrons. The van der Waals surface area contributed by atoms with Crippen LogP contribution in [0.25, 0.3) is 0 Å². The van der Waals surface area contributed by atoms with Gasteiger partial charge >= 0.3 is 0 Å². The molecule has 0 aliphatic carbocycles. The van der Waals surface area contributed by atoms with Crippen molar-refractivity contribution in [1.82, 2.24) is 10.2 Å². The van der Waals surface area contributed by atoms with Crippen LogP contribution in [-0.4, -0.2) is 42.2 Å². The standard InChI is InChI=1S/C18H26N2O3/c1-18(2,3)9-13-17(22)20-6-5-11-7-15(21)16(23-4)8-12(11)14(20)10-19-13/h7-8,13-14,19,21H,5-6,9-10H2,1-4H3/t13-,14-/m1/s1. The lowest BCUT2D eigenvalue weighted by Gasteiger charge is -2.45. The van der Waals surface area contributed by atoms with Gasteiger partial charge in [-0.25, -0.2) is 0 Å². The molecule has 1 fully saturated rings. The number of benzene rings is 1. The van der Waals surface area contributed by atoms with Gasteiger partial charge in [0, 0.05) is 13.1 Å². The predicted octanol–water partition coefficient (Wildman–Crippen LogP) is 2.23. The number of hydrogen-bond donors (Lipinski definition) is 2. The van der Waals surface area contributed by atoms with Crippen LogP contribution in [0.2, 0.25) is 0 Å². The Hall–Kier alpha value is -1.75. The molecule has 1 amide bonds. The van der Waals surface area contributed by atoms with Crippen molar-refractivity contribution in [2.24, 2.45) is 5.41 Å². The van der Waals surface area contributed by atoms with Crippen LogP contribution in [0.5, 0.6) is 11.5 Å². The van der Waals surface area contributed by atoms with Crippen LogP contribution < -0.4 is 10.1 Å². The van der Waals surface area contributed by atoms with E-state index in [1.807, 2.05) is 11.0 Å². The molecule has 1 aromatic carbocycles. The quantitative estimate of drug-likeness (QED) is 0.878. The molecule has 0 saturated carbocycles. The van der Waals surface area contributed by atoms with E-state index in [9.17, 15) is 9.90 Å². The maximum atomic E-state index is 12.9. The van der Waals surface area contributed by atoms with Crippen molar-refractivity contribution < 1.29 is 14.6 Å². The first kappa shape index (κ1) is 16.1. The Bertz CT molecular complexity index is 621. The van der Waals surface area contributed by atoms with E-state index >= 15 is 0 Å². The van der Waals surface area contributed by atoms with Gasteiger partial charge in [-0.3, -0.25) is 4.79 Å². The van der Waals surface area contributed by atoms with Gasteiger partial charge in [0.15, 0.2) is 11.5 Å². The fraction of sp³-hybridized carbons (Fsp3) is 0.611. The van der Waals surface area contributed by atoms with Gasteiger partial charge in [-0.2, -0.15) is 0 Å². The molecule has 126 valence electrons. The number of phenolic OH excluding ortho intramolecular Hbond substituents is 1. The maximum Gasteiger partial charge on any atom is 0.240 e. The molecule has 2 aliphatic heterocycles. The lowest BCUT2D eigenvalue weighted by molar-refractivity contribution is -0.140. The molecule has 2 heterocycles. The van der Waals surface area contributed by atoms with E-state index in [0.29, 0.717) is 12.3 Å². The smallest absolute Gasteiger partial charge is 0.240 e. The first-order valence-electron chi connectivity index (χ1n) is 8.24. The number of nitrogens with zero attached hydrogens (tertiary/aromatic N) is 1. The Morgan fingerprint density at radius 2 is 2.13 bits per heavy atom. The second-order valence-corrected chi connectivity index (χ2v) is 7.75. The molecule has 1 aromatic rings. The Labute approximate surface area is 137 Å². The van der Waals surface area contributed by atoms with Crippen LogP contribution in [0, 0.1) is 5.41 Å². The van der Waals surface area contributed by atoms with E-state index in [4.69, 9.17) is 4.74 Å². The molecule has 23 heavy (non-hydrogen) atoms. The van der Waals surface area contributed by atoms with E-state index in [-0.39, 0.29) is 29.2 Å². The van der Waals surface area contributed by atoms with Crippen molar-refractivity contribution in [3.63, 3.8) is 0 Å². The maximum absolute atomic E-state index is 12.9. The minimum Gasteiger partial charge on any atom is -0.504 e. The topological polar surface area (TPSA) is 61.8 Å². The molecule has 5 heteroatoms. The van der Waals surface area contributed by atoms with Crippen molar-refractivity contribution in [2.75, 3.05) is 20.2 Å². The van der Waals surface area contributed by atoms with Crippen LogP contribution in [0.15, 0.2) is 12.1 Å². The number of carbonyl (C=O) groups is 1. The zero-order chi connectivity index (χ0) is 16.8. The number of rotatable bonds is 2. The van der Waals surface area contributed by atoms with Crippen molar-refractivity contribution in [2.45, 2.75) is 45.7 Å². The Kier molecular flexibility index (Phi) is 4.00. The van der Waals surface area contributed by atoms with Gasteiger partial charge in [0.25, 0.3) is 0 Å². The molecule has 2 atom stereocenters. The van der Waals surface area contributed by atoms with E-state index in [1.54, 1.807) is 13.2 Å². The highest BCUT2D eigenvalue weighted by Crippen LogP contribution is 2.39. The molecular weight excluding hydrogens is 292 g/mol. The largest absolute Gasteiger partial charge is 0.504 e. The van der Waals surface area contributed by atoms with E-state index in [2.05, 4.69) is 26.1 Å². The van der Waals surface area contributed by atoms with Crippen molar-refractivity contribution >= 4 is 5.91 Å². The molecule has 1 saturated heterocycles. The fourth-order valence-corrected chi connectivity index (χ4v) is 3.68. The minimum atomic E-state index is -0.105. The van der Waals surface area contributed by atoms with Crippen molar-refractivity contribution in [1.29, 1.82) is 0 Å². The molecule has 2 N–H and O–H groups in total. The normalized spacial score (nSPS) is 24.2. The van der Waals surface area contributed by atoms with E-state index in [0.717, 1.165) is 30.5 Å². The third kappa shape index (κ3) is 3.02. The Morgan fingerprint density at radius 1 is 1.39 bits per heavy atom. The Morgan fingerprint density at radius 3 is 2.78 bits per heavy atom. The first-order chi connectivity index (χ1) is 10.8. The second kappa shape index (κ2) is 5.71. The van der Waals surface area contributed by atoms with Gasteiger partial charge in [-0.1, -0.05) is 20.8 Å². The molecule has 3 rings (SSSR count). The molecule has 2 aliphatic rings. The van der Waals surface area contributed by atoms with Crippen LogP contribution in [0.1, 0.15) is 44.4 Å². The van der Waals surface area contributed by atoms with Crippen LogP contribution in [0.3, 0.4) is 0 Å². The third-order valence-corrected chi connectivity index (χ3v) is 4.75. The van der Waals surface area contributed by atoms with Gasteiger partial charge in [-0.05, 0) is 41.5 Å². The number of aromatic hydroxyl groups is 1. The average molecular weight is 318 g/mol. The molecule has 0 spiro atoms. The van der Waals surface area contributed by atoms with E-state index < -0.39 is 0 Å². The summed E-state index contributed by atoms with van der Waals surface area (Å²) in [5.41, 5.74) is 2.30. The number of piperazine rings is 1. The first-order valence-corrected chi connectivity index (χ1v) is 8.24. The molecule has 5 nitrogen and oxygen atoms in total. The summed E-state index contributed by atoms with van der Waals surface area (Å²) in [5.74, 6) is 0.823. The monoisotopic (exact) mass is 318 g/mol. The molecule has 0 aromatic heterocycles. The zero-order valence-corrected chi connectivity index (χ0v) is 14.3. The highest BCUT2D eigenvalue weighted by atomic mass is 16.5. The van der Waals surface area contributed by atoms with Crippen molar-refractivity contribution in [3.8, 4) is 11.5 Å². The molecule has 0 bridgehead atoms. The average Bonchev–Trinajstić information content (AvgIpc) is 2.47. The predicted molar refractivity (Wildman–Crippen MR) is 88.7 cm³/mol. The third-order valence-electron chi connectivity index (χ3n) is 4.75. The number of ether oxygens (including phenoxy) is 1.